The molecule has 0 N–H and O–H groups in total. The quantitative estimate of drug-likeness (QED) is 0.504. The van der Waals surface area contributed by atoms with Crippen molar-refractivity contribution in [2.24, 2.45) is 17.8 Å². The van der Waals surface area contributed by atoms with Crippen LogP contribution in [0.5, 0.6) is 0 Å². The summed E-state index contributed by atoms with van der Waals surface area (Å²) in [6, 6.07) is 0. The van der Waals surface area contributed by atoms with Crippen molar-refractivity contribution in [3.05, 3.63) is 0 Å². The fourth-order valence-corrected chi connectivity index (χ4v) is 2.79. The first kappa shape index (κ1) is 5.84. The van der Waals surface area contributed by atoms with Crippen LogP contribution >= 0.6 is 12.2 Å². The van der Waals surface area contributed by atoms with Gasteiger partial charge in [-0.15, -0.1) is 0 Å². The van der Waals surface area contributed by atoms with Gasteiger partial charge in [0.2, 0.25) is 0 Å². The highest BCUT2D eigenvalue weighted by Gasteiger charge is 2.37. The van der Waals surface area contributed by atoms with Crippen molar-refractivity contribution in [3.63, 3.8) is 0 Å². The summed E-state index contributed by atoms with van der Waals surface area (Å²) in [6.45, 7) is 0. The Morgan fingerprint density at radius 3 is 2.44 bits per heavy atom. The van der Waals surface area contributed by atoms with E-state index < -0.39 is 0 Å². The lowest BCUT2D eigenvalue weighted by Gasteiger charge is -2.15. The molecule has 2 aliphatic rings. The van der Waals surface area contributed by atoms with Gasteiger partial charge in [-0.1, -0.05) is 18.6 Å². The van der Waals surface area contributed by atoms with E-state index in [1.165, 1.54) is 25.7 Å². The first-order valence-electron chi connectivity index (χ1n) is 3.85. The minimum absolute atomic E-state index is 0.818. The zero-order valence-corrected chi connectivity index (χ0v) is 6.36. The number of rotatable bonds is 1. The Kier molecular flexibility index (Phi) is 1.33. The number of thiocarbonyl (C=S) groups is 1. The molecule has 0 aromatic carbocycles. The second-order valence-electron chi connectivity index (χ2n) is 3.47. The first-order chi connectivity index (χ1) is 4.40. The SMILES string of the molecule is S=CC1CC2CCC1C2. The van der Waals surface area contributed by atoms with Crippen LogP contribution in [0.2, 0.25) is 0 Å². The van der Waals surface area contributed by atoms with E-state index in [-0.39, 0.29) is 0 Å². The molecule has 0 spiro atoms. The largest absolute Gasteiger partial charge is 0.0932 e. The Hall–Kier alpha value is 0.0900. The summed E-state index contributed by atoms with van der Waals surface area (Å²) in [6.07, 6.45) is 5.85. The van der Waals surface area contributed by atoms with Gasteiger partial charge in [-0.25, -0.2) is 0 Å². The molecule has 0 aliphatic heterocycles. The summed E-state index contributed by atoms with van der Waals surface area (Å²) >= 11 is 4.95. The van der Waals surface area contributed by atoms with Crippen LogP contribution in [0.1, 0.15) is 25.7 Å². The van der Waals surface area contributed by atoms with Crippen LogP contribution in [0.4, 0.5) is 0 Å². The van der Waals surface area contributed by atoms with Crippen molar-refractivity contribution in [2.75, 3.05) is 0 Å². The maximum atomic E-state index is 4.95. The van der Waals surface area contributed by atoms with E-state index in [4.69, 9.17) is 12.2 Å². The van der Waals surface area contributed by atoms with Gasteiger partial charge >= 0.3 is 0 Å². The topological polar surface area (TPSA) is 0 Å². The predicted molar refractivity (Wildman–Crippen MR) is 42.6 cm³/mol. The van der Waals surface area contributed by atoms with Gasteiger partial charge < -0.3 is 0 Å². The Morgan fingerprint density at radius 2 is 2.11 bits per heavy atom. The van der Waals surface area contributed by atoms with Crippen molar-refractivity contribution in [1.82, 2.24) is 0 Å². The molecular formula is C8H12S. The van der Waals surface area contributed by atoms with Crippen LogP contribution in [0.25, 0.3) is 0 Å². The highest BCUT2D eigenvalue weighted by molar-refractivity contribution is 7.79. The van der Waals surface area contributed by atoms with Gasteiger partial charge in [0.1, 0.15) is 0 Å². The Balaban J connectivity index is 2.09. The van der Waals surface area contributed by atoms with Gasteiger partial charge in [-0.2, -0.15) is 0 Å². The minimum Gasteiger partial charge on any atom is -0.0932 e. The first-order valence-corrected chi connectivity index (χ1v) is 4.32. The molecule has 0 amide bonds. The van der Waals surface area contributed by atoms with Crippen LogP contribution in [0.3, 0.4) is 0 Å². The molecule has 2 saturated carbocycles. The number of hydrogen-bond donors (Lipinski definition) is 0. The molecule has 2 bridgehead atoms. The molecule has 50 valence electrons. The van der Waals surface area contributed by atoms with E-state index in [1.54, 1.807) is 0 Å². The lowest BCUT2D eigenvalue weighted by atomic mass is 9.91. The summed E-state index contributed by atoms with van der Waals surface area (Å²) in [5.41, 5.74) is 0. The van der Waals surface area contributed by atoms with Crippen molar-refractivity contribution in [3.8, 4) is 0 Å². The maximum absolute atomic E-state index is 4.95. The van der Waals surface area contributed by atoms with E-state index in [0.29, 0.717) is 0 Å². The summed E-state index contributed by atoms with van der Waals surface area (Å²) in [5.74, 6) is 2.87. The van der Waals surface area contributed by atoms with Gasteiger partial charge in [-0.05, 0) is 42.4 Å². The molecule has 1 heteroatoms. The third kappa shape index (κ3) is 0.823. The summed E-state index contributed by atoms with van der Waals surface area (Å²) in [5, 5.41) is 2.00. The molecule has 2 rings (SSSR count). The van der Waals surface area contributed by atoms with Gasteiger partial charge in [-0.3, -0.25) is 0 Å². The standard InChI is InChI=1S/C8H12S/c9-5-8-4-6-1-2-7(8)3-6/h5-8H,1-4H2. The molecule has 0 aromatic rings. The third-order valence-corrected chi connectivity index (χ3v) is 3.32. The highest BCUT2D eigenvalue weighted by Crippen LogP contribution is 2.47. The number of hydrogen-bond acceptors (Lipinski definition) is 1. The van der Waals surface area contributed by atoms with Crippen LogP contribution in [-0.2, 0) is 0 Å². The summed E-state index contributed by atoms with van der Waals surface area (Å²) in [7, 11) is 0. The molecule has 2 fully saturated rings. The van der Waals surface area contributed by atoms with Crippen LogP contribution < -0.4 is 0 Å². The molecular weight excluding hydrogens is 128 g/mol. The van der Waals surface area contributed by atoms with E-state index in [2.05, 4.69) is 0 Å². The van der Waals surface area contributed by atoms with E-state index >= 15 is 0 Å². The molecule has 3 atom stereocenters. The second kappa shape index (κ2) is 2.05. The van der Waals surface area contributed by atoms with E-state index in [0.717, 1.165) is 17.8 Å². The summed E-state index contributed by atoms with van der Waals surface area (Å²) < 4.78 is 0. The van der Waals surface area contributed by atoms with Crippen molar-refractivity contribution in [2.45, 2.75) is 25.7 Å². The molecule has 0 radical (unpaired) electrons. The molecule has 0 heterocycles. The smallest absolute Gasteiger partial charge is 0.00974 e. The lowest BCUT2D eigenvalue weighted by Crippen LogP contribution is -2.09. The van der Waals surface area contributed by atoms with Crippen molar-refractivity contribution >= 4 is 17.6 Å². The van der Waals surface area contributed by atoms with E-state index in [9.17, 15) is 0 Å². The normalized spacial score (nSPS) is 47.8. The Bertz CT molecular complexity index is 131. The highest BCUT2D eigenvalue weighted by atomic mass is 32.1. The Labute approximate surface area is 61.6 Å². The van der Waals surface area contributed by atoms with Gasteiger partial charge in [0.15, 0.2) is 0 Å². The molecule has 0 aromatic heterocycles. The third-order valence-electron chi connectivity index (χ3n) is 2.97. The number of fused-ring (bicyclic) bond motifs is 2. The van der Waals surface area contributed by atoms with Gasteiger partial charge in [0.25, 0.3) is 0 Å². The molecule has 3 unspecified atom stereocenters. The van der Waals surface area contributed by atoms with Gasteiger partial charge in [0.05, 0.1) is 0 Å². The van der Waals surface area contributed by atoms with Gasteiger partial charge in [0, 0.05) is 0 Å². The van der Waals surface area contributed by atoms with Crippen molar-refractivity contribution in [1.29, 1.82) is 0 Å². The Morgan fingerprint density at radius 1 is 1.22 bits per heavy atom. The predicted octanol–water partition coefficient (Wildman–Crippen LogP) is 2.42. The average Bonchev–Trinajstić information content (AvgIpc) is 2.45. The molecule has 0 saturated heterocycles. The monoisotopic (exact) mass is 140 g/mol. The van der Waals surface area contributed by atoms with Crippen molar-refractivity contribution < 1.29 is 0 Å². The fourth-order valence-electron chi connectivity index (χ4n) is 2.46. The average molecular weight is 140 g/mol. The maximum Gasteiger partial charge on any atom is -0.00974 e. The lowest BCUT2D eigenvalue weighted by molar-refractivity contribution is 0.423. The second-order valence-corrected chi connectivity index (χ2v) is 3.75. The molecule has 9 heavy (non-hydrogen) atoms. The van der Waals surface area contributed by atoms with Crippen LogP contribution in [-0.4, -0.2) is 5.37 Å². The van der Waals surface area contributed by atoms with Crippen LogP contribution in [0.15, 0.2) is 0 Å². The van der Waals surface area contributed by atoms with E-state index in [1.807, 2.05) is 5.37 Å². The summed E-state index contributed by atoms with van der Waals surface area (Å²) in [4.78, 5) is 0. The fraction of sp³-hybridized carbons (Fsp3) is 0.875. The zero-order valence-electron chi connectivity index (χ0n) is 5.55. The molecule has 2 aliphatic carbocycles. The molecule has 0 nitrogen and oxygen atoms in total. The van der Waals surface area contributed by atoms with Crippen LogP contribution in [0, 0.1) is 17.8 Å². The zero-order chi connectivity index (χ0) is 6.27. The minimum atomic E-state index is 0.818.